The second-order valence-electron chi connectivity index (χ2n) is 6.30. The molecule has 1 atom stereocenters. The van der Waals surface area contributed by atoms with Crippen molar-refractivity contribution in [1.82, 2.24) is 0 Å². The van der Waals surface area contributed by atoms with Gasteiger partial charge in [0.25, 0.3) is 0 Å². The Morgan fingerprint density at radius 1 is 0.720 bits per heavy atom. The van der Waals surface area contributed by atoms with Gasteiger partial charge < -0.3 is 4.90 Å². The molecule has 0 spiro atoms. The van der Waals surface area contributed by atoms with Gasteiger partial charge in [-0.3, -0.25) is 4.79 Å². The van der Waals surface area contributed by atoms with Gasteiger partial charge in [0.1, 0.15) is 0 Å². The van der Waals surface area contributed by atoms with E-state index in [0.29, 0.717) is 6.42 Å². The molecule has 3 aromatic rings. The molecule has 4 rings (SSSR count). The SMILES string of the molecule is O=C1CCC([C](c2ccccc2)c2ccccc2)N1c1ccccc1. The van der Waals surface area contributed by atoms with Crippen molar-refractivity contribution < 1.29 is 4.79 Å². The van der Waals surface area contributed by atoms with E-state index in [-0.39, 0.29) is 11.9 Å². The Balaban J connectivity index is 1.80. The summed E-state index contributed by atoms with van der Waals surface area (Å²) in [5, 5.41) is 0. The number of benzene rings is 3. The van der Waals surface area contributed by atoms with Gasteiger partial charge in [-0.05, 0) is 29.7 Å². The first kappa shape index (κ1) is 15.6. The van der Waals surface area contributed by atoms with Gasteiger partial charge >= 0.3 is 0 Å². The van der Waals surface area contributed by atoms with E-state index < -0.39 is 0 Å². The average molecular weight is 326 g/mol. The van der Waals surface area contributed by atoms with Crippen molar-refractivity contribution in [2.45, 2.75) is 18.9 Å². The number of amides is 1. The summed E-state index contributed by atoms with van der Waals surface area (Å²) in [6.07, 6.45) is 1.43. The third-order valence-electron chi connectivity index (χ3n) is 4.75. The lowest BCUT2D eigenvalue weighted by Crippen LogP contribution is -2.38. The minimum atomic E-state index is 0.0553. The smallest absolute Gasteiger partial charge is 0.227 e. The van der Waals surface area contributed by atoms with Crippen LogP contribution in [0.1, 0.15) is 24.0 Å². The molecular weight excluding hydrogens is 306 g/mol. The van der Waals surface area contributed by atoms with Crippen LogP contribution in [-0.4, -0.2) is 11.9 Å². The summed E-state index contributed by atoms with van der Waals surface area (Å²) in [4.78, 5) is 14.6. The predicted molar refractivity (Wildman–Crippen MR) is 101 cm³/mol. The third kappa shape index (κ3) is 3.08. The monoisotopic (exact) mass is 326 g/mol. The summed E-state index contributed by atoms with van der Waals surface area (Å²) in [6, 6.07) is 30.9. The highest BCUT2D eigenvalue weighted by atomic mass is 16.2. The second-order valence-corrected chi connectivity index (χ2v) is 6.30. The highest BCUT2D eigenvalue weighted by Crippen LogP contribution is 2.38. The number of rotatable bonds is 4. The molecule has 1 radical (unpaired) electrons. The van der Waals surface area contributed by atoms with E-state index in [1.165, 1.54) is 17.0 Å². The van der Waals surface area contributed by atoms with Crippen LogP contribution >= 0.6 is 0 Å². The molecule has 1 heterocycles. The lowest BCUT2D eigenvalue weighted by molar-refractivity contribution is -0.117. The van der Waals surface area contributed by atoms with Gasteiger partial charge in [-0.1, -0.05) is 78.9 Å². The minimum absolute atomic E-state index is 0.0553. The quantitative estimate of drug-likeness (QED) is 0.671. The maximum Gasteiger partial charge on any atom is 0.227 e. The Morgan fingerprint density at radius 2 is 1.20 bits per heavy atom. The van der Waals surface area contributed by atoms with Gasteiger partial charge in [0.15, 0.2) is 0 Å². The average Bonchev–Trinajstić information content (AvgIpc) is 3.05. The Hall–Kier alpha value is -2.87. The summed E-state index contributed by atoms with van der Waals surface area (Å²) < 4.78 is 0. The van der Waals surface area contributed by atoms with Crippen molar-refractivity contribution in [1.29, 1.82) is 0 Å². The van der Waals surface area contributed by atoms with Gasteiger partial charge in [0.05, 0.1) is 12.0 Å². The molecule has 1 saturated heterocycles. The molecule has 0 saturated carbocycles. The van der Waals surface area contributed by atoms with Crippen molar-refractivity contribution >= 4 is 11.6 Å². The van der Waals surface area contributed by atoms with Gasteiger partial charge in [-0.2, -0.15) is 0 Å². The molecule has 2 heteroatoms. The molecule has 3 aromatic carbocycles. The van der Waals surface area contributed by atoms with Crippen LogP contribution in [0.3, 0.4) is 0 Å². The first-order valence-corrected chi connectivity index (χ1v) is 8.69. The molecule has 123 valence electrons. The highest BCUT2D eigenvalue weighted by Gasteiger charge is 2.39. The highest BCUT2D eigenvalue weighted by molar-refractivity contribution is 5.97. The number of hydrogen-bond donors (Lipinski definition) is 0. The van der Waals surface area contributed by atoms with E-state index in [2.05, 4.69) is 48.5 Å². The van der Waals surface area contributed by atoms with Crippen LogP contribution < -0.4 is 4.90 Å². The molecule has 1 aliphatic rings. The Bertz CT molecular complexity index is 790. The Kier molecular flexibility index (Phi) is 4.34. The number of nitrogens with zero attached hydrogens (tertiary/aromatic N) is 1. The number of carbonyl (C=O) groups is 1. The van der Waals surface area contributed by atoms with E-state index in [4.69, 9.17) is 0 Å². The molecule has 0 aliphatic carbocycles. The fraction of sp³-hybridized carbons (Fsp3) is 0.130. The second kappa shape index (κ2) is 6.94. The summed E-state index contributed by atoms with van der Waals surface area (Å²) in [5.74, 6) is 1.41. The van der Waals surface area contributed by atoms with Crippen molar-refractivity contribution in [3.8, 4) is 0 Å². The van der Waals surface area contributed by atoms with Gasteiger partial charge in [0.2, 0.25) is 5.91 Å². The van der Waals surface area contributed by atoms with E-state index in [9.17, 15) is 4.79 Å². The molecule has 1 aliphatic heterocycles. The predicted octanol–water partition coefficient (Wildman–Crippen LogP) is 4.85. The number of hydrogen-bond acceptors (Lipinski definition) is 1. The van der Waals surface area contributed by atoms with E-state index in [1.54, 1.807) is 0 Å². The van der Waals surface area contributed by atoms with Crippen LogP contribution in [0.5, 0.6) is 0 Å². The van der Waals surface area contributed by atoms with Crippen LogP contribution in [0.2, 0.25) is 0 Å². The zero-order valence-corrected chi connectivity index (χ0v) is 14.0. The zero-order valence-electron chi connectivity index (χ0n) is 14.0. The van der Waals surface area contributed by atoms with Crippen LogP contribution in [-0.2, 0) is 4.79 Å². The molecule has 1 amide bonds. The molecule has 1 unspecified atom stereocenters. The summed E-state index contributed by atoms with van der Waals surface area (Å²) >= 11 is 0. The first-order chi connectivity index (χ1) is 12.3. The Morgan fingerprint density at radius 3 is 1.72 bits per heavy atom. The maximum absolute atomic E-state index is 12.7. The largest absolute Gasteiger partial charge is 0.308 e. The van der Waals surface area contributed by atoms with E-state index in [1.807, 2.05) is 47.4 Å². The first-order valence-electron chi connectivity index (χ1n) is 8.69. The van der Waals surface area contributed by atoms with Gasteiger partial charge in [-0.15, -0.1) is 0 Å². The maximum atomic E-state index is 12.7. The van der Waals surface area contributed by atoms with Gasteiger partial charge in [0, 0.05) is 12.1 Å². The molecule has 1 fully saturated rings. The van der Waals surface area contributed by atoms with E-state index >= 15 is 0 Å². The standard InChI is InChI=1S/C23H20NO/c25-22-17-16-21(24(22)20-14-8-3-9-15-20)23(18-10-4-1-5-11-18)19-12-6-2-7-13-19/h1-15,21H,16-17H2. The topological polar surface area (TPSA) is 20.3 Å². The molecule has 25 heavy (non-hydrogen) atoms. The van der Waals surface area contributed by atoms with Crippen LogP contribution in [0.15, 0.2) is 91.0 Å². The van der Waals surface area contributed by atoms with Crippen molar-refractivity contribution in [3.63, 3.8) is 0 Å². The third-order valence-corrected chi connectivity index (χ3v) is 4.75. The molecular formula is C23H20NO. The van der Waals surface area contributed by atoms with Crippen LogP contribution in [0.4, 0.5) is 5.69 Å². The Labute approximate surface area is 148 Å². The lowest BCUT2D eigenvalue weighted by Gasteiger charge is -2.32. The van der Waals surface area contributed by atoms with Crippen LogP contribution in [0.25, 0.3) is 0 Å². The van der Waals surface area contributed by atoms with E-state index in [0.717, 1.165) is 12.1 Å². The van der Waals surface area contributed by atoms with Crippen molar-refractivity contribution in [2.24, 2.45) is 0 Å². The van der Waals surface area contributed by atoms with Crippen molar-refractivity contribution in [2.75, 3.05) is 4.90 Å². The summed E-state index contributed by atoms with van der Waals surface area (Å²) in [7, 11) is 0. The summed E-state index contributed by atoms with van der Waals surface area (Å²) in [5.41, 5.74) is 3.32. The fourth-order valence-electron chi connectivity index (χ4n) is 3.66. The fourth-order valence-corrected chi connectivity index (χ4v) is 3.66. The zero-order chi connectivity index (χ0) is 17.1. The number of carbonyl (C=O) groups excluding carboxylic acids is 1. The molecule has 0 N–H and O–H groups in total. The number of anilines is 1. The van der Waals surface area contributed by atoms with Gasteiger partial charge in [-0.25, -0.2) is 0 Å². The van der Waals surface area contributed by atoms with Crippen molar-refractivity contribution in [3.05, 3.63) is 108 Å². The lowest BCUT2D eigenvalue weighted by atomic mass is 9.83. The molecule has 2 nitrogen and oxygen atoms in total. The summed E-state index contributed by atoms with van der Waals surface area (Å²) in [6.45, 7) is 0. The minimum Gasteiger partial charge on any atom is -0.308 e. The number of para-hydroxylation sites is 1. The molecule has 0 bridgehead atoms. The molecule has 0 aromatic heterocycles. The normalized spacial score (nSPS) is 17.2. The van der Waals surface area contributed by atoms with Crippen LogP contribution in [0, 0.1) is 5.92 Å².